The molecule has 0 radical (unpaired) electrons. The quantitative estimate of drug-likeness (QED) is 0.358. The van der Waals surface area contributed by atoms with E-state index in [9.17, 15) is 19.8 Å². The number of carbonyl (C=O) groups is 2. The fourth-order valence-corrected chi connectivity index (χ4v) is 4.69. The lowest BCUT2D eigenvalue weighted by molar-refractivity contribution is -0.134. The second-order valence-electron chi connectivity index (χ2n) is 8.25. The number of aromatic hydroxyl groups is 2. The lowest BCUT2D eigenvalue weighted by Gasteiger charge is -2.27. The molecule has 166 valence electrons. The Morgan fingerprint density at radius 2 is 1.76 bits per heavy atom. The van der Waals surface area contributed by atoms with E-state index < -0.39 is 23.7 Å². The first-order valence-corrected chi connectivity index (χ1v) is 10.7. The minimum Gasteiger partial charge on any atom is -0.508 e. The number of hydrogen-bond acceptors (Lipinski definition) is 6. The molecule has 0 aliphatic carbocycles. The van der Waals surface area contributed by atoms with Crippen LogP contribution in [-0.4, -0.2) is 36.9 Å². The van der Waals surface area contributed by atoms with Gasteiger partial charge in [0.2, 0.25) is 5.78 Å². The van der Waals surface area contributed by atoms with Crippen LogP contribution in [0.1, 0.15) is 23.2 Å². The minimum atomic E-state index is -0.895. The van der Waals surface area contributed by atoms with Gasteiger partial charge in [-0.1, -0.05) is 30.3 Å². The lowest BCUT2D eigenvalue weighted by Crippen LogP contribution is -2.30. The van der Waals surface area contributed by atoms with Crippen molar-refractivity contribution in [2.45, 2.75) is 12.0 Å². The molecule has 8 nitrogen and oxygen atoms in total. The number of pyridine rings is 1. The number of imidazole rings is 1. The molecule has 8 heteroatoms. The molecule has 3 N–H and O–H groups in total. The van der Waals surface area contributed by atoms with Gasteiger partial charge in [0.15, 0.2) is 0 Å². The molecule has 3 heterocycles. The average Bonchev–Trinajstić information content (AvgIpc) is 3.41. The van der Waals surface area contributed by atoms with Gasteiger partial charge in [0, 0.05) is 11.1 Å². The molecule has 2 aromatic heterocycles. The number of anilines is 1. The minimum absolute atomic E-state index is 0.00190. The van der Waals surface area contributed by atoms with Gasteiger partial charge < -0.3 is 15.2 Å². The van der Waals surface area contributed by atoms with Crippen LogP contribution in [0.15, 0.2) is 79.1 Å². The number of phenols is 2. The number of aromatic amines is 1. The monoisotopic (exact) mass is 450 g/mol. The van der Waals surface area contributed by atoms with Gasteiger partial charge in [-0.15, -0.1) is 0 Å². The Hall–Kier alpha value is -4.72. The molecule has 6 rings (SSSR count). The molecule has 34 heavy (non-hydrogen) atoms. The summed E-state index contributed by atoms with van der Waals surface area (Å²) in [5.74, 6) is -2.16. The molecule has 1 amide bonds. The van der Waals surface area contributed by atoms with Crippen molar-refractivity contribution in [2.24, 2.45) is 0 Å². The molecule has 0 bridgehead atoms. The van der Waals surface area contributed by atoms with Gasteiger partial charge in [0.1, 0.15) is 17.0 Å². The number of nitrogens with one attached hydrogen (secondary N) is 1. The molecule has 0 saturated carbocycles. The van der Waals surface area contributed by atoms with E-state index in [4.69, 9.17) is 0 Å². The van der Waals surface area contributed by atoms with Gasteiger partial charge in [0.25, 0.3) is 5.91 Å². The predicted octanol–water partition coefficient (Wildman–Crippen LogP) is 3.96. The van der Waals surface area contributed by atoms with Crippen LogP contribution in [-0.2, 0) is 9.59 Å². The van der Waals surface area contributed by atoms with Gasteiger partial charge in [-0.2, -0.15) is 0 Å². The first-order valence-electron chi connectivity index (χ1n) is 10.7. The van der Waals surface area contributed by atoms with Gasteiger partial charge >= 0.3 is 0 Å². The van der Waals surface area contributed by atoms with Crippen LogP contribution in [0.2, 0.25) is 0 Å². The molecule has 3 aromatic carbocycles. The number of H-pyrrole nitrogens is 1. The van der Waals surface area contributed by atoms with E-state index in [1.165, 1.54) is 17.0 Å². The number of nitrogens with zero attached hydrogens (tertiary/aromatic N) is 3. The Labute approximate surface area is 193 Å². The van der Waals surface area contributed by atoms with Crippen LogP contribution in [0, 0.1) is 0 Å². The maximum Gasteiger partial charge on any atom is 0.295 e. The zero-order valence-corrected chi connectivity index (χ0v) is 17.7. The number of amides is 1. The molecular weight excluding hydrogens is 432 g/mol. The van der Waals surface area contributed by atoms with Crippen molar-refractivity contribution < 1.29 is 19.8 Å². The second-order valence-corrected chi connectivity index (χ2v) is 8.25. The number of hydrogen-bond donors (Lipinski definition) is 3. The zero-order valence-electron chi connectivity index (χ0n) is 17.7. The highest BCUT2D eigenvalue weighted by atomic mass is 16.3. The Morgan fingerprint density at radius 1 is 0.912 bits per heavy atom. The third kappa shape index (κ3) is 3.00. The van der Waals surface area contributed by atoms with E-state index in [-0.39, 0.29) is 11.5 Å². The Kier molecular flexibility index (Phi) is 4.35. The summed E-state index contributed by atoms with van der Waals surface area (Å²) in [5.41, 5.74) is 3.31. The molecule has 0 spiro atoms. The summed E-state index contributed by atoms with van der Waals surface area (Å²) in [7, 11) is 0. The fraction of sp³-hybridized carbons (Fsp3) is 0.0769. The highest BCUT2D eigenvalue weighted by molar-refractivity contribution is 6.46. The molecule has 1 aliphatic rings. The zero-order chi connectivity index (χ0) is 23.4. The van der Waals surface area contributed by atoms with Gasteiger partial charge in [0.05, 0.1) is 35.0 Å². The standard InChI is InChI=1S/C26H18N4O4/c31-17-5-1-4-15(11-17)22-24(19-9-7-14-3-2-6-21(32)23(14)29-19)30(26(34)25(22)33)16-8-10-18-20(12-16)28-13-27-18/h1-13,22,24,31-32H,(H,27,28). The van der Waals surface area contributed by atoms with Crippen molar-refractivity contribution >= 4 is 39.3 Å². The number of aromatic nitrogens is 3. The average molecular weight is 450 g/mol. The Bertz CT molecular complexity index is 1610. The molecule has 1 fully saturated rings. The normalized spacial score (nSPS) is 18.3. The maximum atomic E-state index is 13.4. The Morgan fingerprint density at radius 3 is 2.62 bits per heavy atom. The van der Waals surface area contributed by atoms with Crippen molar-refractivity contribution in [1.82, 2.24) is 15.0 Å². The third-order valence-corrected chi connectivity index (χ3v) is 6.24. The number of benzene rings is 3. The first kappa shape index (κ1) is 19.9. The molecule has 5 aromatic rings. The smallest absolute Gasteiger partial charge is 0.295 e. The molecule has 1 saturated heterocycles. The number of ketones is 1. The van der Waals surface area contributed by atoms with Crippen molar-refractivity contribution in [2.75, 3.05) is 4.90 Å². The van der Waals surface area contributed by atoms with Crippen LogP contribution in [0.5, 0.6) is 11.5 Å². The highest BCUT2D eigenvalue weighted by Crippen LogP contribution is 2.45. The summed E-state index contributed by atoms with van der Waals surface area (Å²) in [4.78, 5) is 40.1. The van der Waals surface area contributed by atoms with Crippen LogP contribution in [0.3, 0.4) is 0 Å². The number of Topliss-reactive ketones (excluding diaryl/α,β-unsaturated/α-hetero) is 1. The highest BCUT2D eigenvalue weighted by Gasteiger charge is 2.50. The molecule has 1 aliphatic heterocycles. The Balaban J connectivity index is 1.58. The maximum absolute atomic E-state index is 13.4. The SMILES string of the molecule is O=C1C(=O)N(c2ccc3nc[nH]c3c2)C(c2ccc3cccc(O)c3n2)C1c1cccc(O)c1. The van der Waals surface area contributed by atoms with Crippen molar-refractivity contribution in [1.29, 1.82) is 0 Å². The van der Waals surface area contributed by atoms with Crippen molar-refractivity contribution in [3.63, 3.8) is 0 Å². The third-order valence-electron chi connectivity index (χ3n) is 6.24. The molecule has 2 unspecified atom stereocenters. The predicted molar refractivity (Wildman–Crippen MR) is 126 cm³/mol. The first-order chi connectivity index (χ1) is 16.5. The summed E-state index contributed by atoms with van der Waals surface area (Å²) >= 11 is 0. The summed E-state index contributed by atoms with van der Waals surface area (Å²) < 4.78 is 0. The fourth-order valence-electron chi connectivity index (χ4n) is 4.69. The van der Waals surface area contributed by atoms with Crippen LogP contribution in [0.25, 0.3) is 21.9 Å². The van der Waals surface area contributed by atoms with Crippen LogP contribution < -0.4 is 4.90 Å². The number of phenolic OH excluding ortho intramolecular Hbond substituents is 2. The van der Waals surface area contributed by atoms with Crippen LogP contribution >= 0.6 is 0 Å². The second kappa shape index (κ2) is 7.41. The molecular formula is C26H18N4O4. The topological polar surface area (TPSA) is 119 Å². The summed E-state index contributed by atoms with van der Waals surface area (Å²) in [6.07, 6.45) is 1.56. The van der Waals surface area contributed by atoms with E-state index in [2.05, 4.69) is 15.0 Å². The van der Waals surface area contributed by atoms with Gasteiger partial charge in [-0.05, 0) is 48.0 Å². The largest absolute Gasteiger partial charge is 0.508 e. The van der Waals surface area contributed by atoms with Gasteiger partial charge in [-0.3, -0.25) is 14.5 Å². The van der Waals surface area contributed by atoms with Crippen LogP contribution in [0.4, 0.5) is 5.69 Å². The number of fused-ring (bicyclic) bond motifs is 2. The van der Waals surface area contributed by atoms with Gasteiger partial charge in [-0.25, -0.2) is 9.97 Å². The summed E-state index contributed by atoms with van der Waals surface area (Å²) in [6, 6.07) is 19.5. The van der Waals surface area contributed by atoms with Crippen molar-refractivity contribution in [3.05, 3.63) is 90.4 Å². The molecule has 2 atom stereocenters. The number of carbonyl (C=O) groups excluding carboxylic acids is 2. The lowest BCUT2D eigenvalue weighted by atomic mass is 9.88. The number of para-hydroxylation sites is 1. The summed E-state index contributed by atoms with van der Waals surface area (Å²) in [5, 5.41) is 21.2. The van der Waals surface area contributed by atoms with E-state index in [0.29, 0.717) is 22.5 Å². The van der Waals surface area contributed by atoms with E-state index in [1.807, 2.05) is 6.07 Å². The van der Waals surface area contributed by atoms with Crippen molar-refractivity contribution in [3.8, 4) is 11.5 Å². The van der Waals surface area contributed by atoms with E-state index in [1.54, 1.807) is 60.9 Å². The number of rotatable bonds is 3. The van der Waals surface area contributed by atoms with E-state index >= 15 is 0 Å². The summed E-state index contributed by atoms with van der Waals surface area (Å²) in [6.45, 7) is 0. The van der Waals surface area contributed by atoms with E-state index in [0.717, 1.165) is 16.4 Å².